The zero-order valence-electron chi connectivity index (χ0n) is 13.0. The highest BCUT2D eigenvalue weighted by atomic mass is 32.1. The molecule has 2 heterocycles. The van der Waals surface area contributed by atoms with E-state index in [9.17, 15) is 4.79 Å². The number of aromatic nitrogens is 3. The number of rotatable bonds is 6. The van der Waals surface area contributed by atoms with Crippen LogP contribution in [0.1, 0.15) is 52.9 Å². The number of nitrogens with one attached hydrogen (secondary N) is 1. The lowest BCUT2D eigenvalue weighted by atomic mass is 10.1. The van der Waals surface area contributed by atoms with Crippen LogP contribution in [0, 0.1) is 6.92 Å². The molecule has 1 N–H and O–H groups in total. The SMILES string of the molecule is Cc1ncsc1CCCNC(=O)c1cc(C(C)C)nn1C. The fourth-order valence-electron chi connectivity index (χ4n) is 2.09. The lowest BCUT2D eigenvalue weighted by Gasteiger charge is -2.04. The summed E-state index contributed by atoms with van der Waals surface area (Å²) >= 11 is 1.68. The molecule has 0 saturated carbocycles. The summed E-state index contributed by atoms with van der Waals surface area (Å²) in [6, 6.07) is 1.87. The van der Waals surface area contributed by atoms with Gasteiger partial charge in [-0.2, -0.15) is 5.10 Å². The van der Waals surface area contributed by atoms with Crippen molar-refractivity contribution in [3.63, 3.8) is 0 Å². The van der Waals surface area contributed by atoms with Crippen LogP contribution in [-0.4, -0.2) is 27.2 Å². The molecule has 21 heavy (non-hydrogen) atoms. The first kappa shape index (κ1) is 15.7. The van der Waals surface area contributed by atoms with Crippen LogP contribution in [0.15, 0.2) is 11.6 Å². The van der Waals surface area contributed by atoms with Crippen LogP contribution < -0.4 is 5.32 Å². The predicted octanol–water partition coefficient (Wildman–Crippen LogP) is 2.67. The van der Waals surface area contributed by atoms with E-state index in [4.69, 9.17) is 0 Å². The van der Waals surface area contributed by atoms with Crippen molar-refractivity contribution in [3.05, 3.63) is 33.5 Å². The van der Waals surface area contributed by atoms with Gasteiger partial charge in [0.15, 0.2) is 0 Å². The van der Waals surface area contributed by atoms with E-state index >= 15 is 0 Å². The number of carbonyl (C=O) groups excluding carboxylic acids is 1. The molecule has 0 spiro atoms. The summed E-state index contributed by atoms with van der Waals surface area (Å²) in [6.07, 6.45) is 1.88. The zero-order chi connectivity index (χ0) is 15.4. The Hall–Kier alpha value is -1.69. The maximum absolute atomic E-state index is 12.1. The van der Waals surface area contributed by atoms with Gasteiger partial charge in [-0.05, 0) is 31.7 Å². The standard InChI is InChI=1S/C15H22N4OS/c1-10(2)12-8-13(19(4)18-12)15(20)16-7-5-6-14-11(3)17-9-21-14/h8-10H,5-7H2,1-4H3,(H,16,20). The summed E-state index contributed by atoms with van der Waals surface area (Å²) in [5.74, 6) is 0.269. The number of carbonyl (C=O) groups is 1. The highest BCUT2D eigenvalue weighted by Crippen LogP contribution is 2.15. The number of hydrogen-bond donors (Lipinski definition) is 1. The molecule has 0 aliphatic carbocycles. The van der Waals surface area contributed by atoms with E-state index in [1.54, 1.807) is 16.0 Å². The average Bonchev–Trinajstić information content (AvgIpc) is 3.01. The summed E-state index contributed by atoms with van der Waals surface area (Å²) in [5, 5.41) is 7.32. The Bertz CT molecular complexity index is 615. The Balaban J connectivity index is 1.83. The van der Waals surface area contributed by atoms with Gasteiger partial charge in [0, 0.05) is 18.5 Å². The fraction of sp³-hybridized carbons (Fsp3) is 0.533. The van der Waals surface area contributed by atoms with Crippen LogP contribution in [0.25, 0.3) is 0 Å². The highest BCUT2D eigenvalue weighted by Gasteiger charge is 2.14. The van der Waals surface area contributed by atoms with E-state index < -0.39 is 0 Å². The minimum absolute atomic E-state index is 0.0575. The molecule has 0 saturated heterocycles. The second kappa shape index (κ2) is 6.85. The second-order valence-electron chi connectivity index (χ2n) is 5.45. The van der Waals surface area contributed by atoms with Gasteiger partial charge >= 0.3 is 0 Å². The molecule has 0 aromatic carbocycles. The largest absolute Gasteiger partial charge is 0.351 e. The van der Waals surface area contributed by atoms with E-state index in [1.165, 1.54) is 4.88 Å². The molecule has 0 atom stereocenters. The Morgan fingerprint density at radius 2 is 2.24 bits per heavy atom. The topological polar surface area (TPSA) is 59.8 Å². The highest BCUT2D eigenvalue weighted by molar-refractivity contribution is 7.09. The molecular formula is C15H22N4OS. The van der Waals surface area contributed by atoms with Crippen LogP contribution in [0.5, 0.6) is 0 Å². The molecule has 2 aromatic rings. The summed E-state index contributed by atoms with van der Waals surface area (Å²) in [5.41, 5.74) is 4.53. The summed E-state index contributed by atoms with van der Waals surface area (Å²) in [7, 11) is 1.81. The Labute approximate surface area is 129 Å². The molecule has 0 unspecified atom stereocenters. The van der Waals surface area contributed by atoms with E-state index in [1.807, 2.05) is 25.5 Å². The normalized spacial score (nSPS) is 11.1. The first-order chi connectivity index (χ1) is 9.99. The van der Waals surface area contributed by atoms with E-state index in [0.717, 1.165) is 24.2 Å². The van der Waals surface area contributed by atoms with Gasteiger partial charge in [0.25, 0.3) is 5.91 Å². The number of nitrogens with zero attached hydrogens (tertiary/aromatic N) is 3. The molecular weight excluding hydrogens is 284 g/mol. The van der Waals surface area contributed by atoms with Gasteiger partial charge in [-0.3, -0.25) is 9.48 Å². The lowest BCUT2D eigenvalue weighted by Crippen LogP contribution is -2.26. The second-order valence-corrected chi connectivity index (χ2v) is 6.39. The lowest BCUT2D eigenvalue weighted by molar-refractivity contribution is 0.0944. The Morgan fingerprint density at radius 3 is 2.81 bits per heavy atom. The number of thiazole rings is 1. The first-order valence-corrected chi connectivity index (χ1v) is 8.08. The molecule has 114 valence electrons. The molecule has 6 heteroatoms. The molecule has 1 amide bonds. The maximum atomic E-state index is 12.1. The van der Waals surface area contributed by atoms with Gasteiger partial charge in [0.05, 0.1) is 16.9 Å². The summed E-state index contributed by atoms with van der Waals surface area (Å²) in [4.78, 5) is 17.7. The van der Waals surface area contributed by atoms with Gasteiger partial charge in [0.1, 0.15) is 5.69 Å². The smallest absolute Gasteiger partial charge is 0.269 e. The average molecular weight is 306 g/mol. The monoisotopic (exact) mass is 306 g/mol. The van der Waals surface area contributed by atoms with Crippen molar-refractivity contribution >= 4 is 17.2 Å². The van der Waals surface area contributed by atoms with Crippen molar-refractivity contribution in [3.8, 4) is 0 Å². The van der Waals surface area contributed by atoms with Gasteiger partial charge in [-0.1, -0.05) is 13.8 Å². The van der Waals surface area contributed by atoms with Crippen molar-refractivity contribution in [2.24, 2.45) is 7.05 Å². The minimum atomic E-state index is -0.0575. The van der Waals surface area contributed by atoms with Crippen molar-refractivity contribution < 1.29 is 4.79 Å². The molecule has 0 bridgehead atoms. The van der Waals surface area contributed by atoms with E-state index in [0.29, 0.717) is 18.2 Å². The van der Waals surface area contributed by atoms with Crippen molar-refractivity contribution in [2.75, 3.05) is 6.54 Å². The van der Waals surface area contributed by atoms with E-state index in [2.05, 4.69) is 29.2 Å². The van der Waals surface area contributed by atoms with Crippen LogP contribution in [0.4, 0.5) is 0 Å². The van der Waals surface area contributed by atoms with Gasteiger partial charge in [-0.15, -0.1) is 11.3 Å². The number of hydrogen-bond acceptors (Lipinski definition) is 4. The molecule has 0 aliphatic rings. The van der Waals surface area contributed by atoms with Crippen LogP contribution in [-0.2, 0) is 13.5 Å². The van der Waals surface area contributed by atoms with Crippen molar-refractivity contribution in [2.45, 2.75) is 39.5 Å². The van der Waals surface area contributed by atoms with Gasteiger partial charge < -0.3 is 5.32 Å². The quantitative estimate of drug-likeness (QED) is 0.835. The molecule has 5 nitrogen and oxygen atoms in total. The third-order valence-corrected chi connectivity index (χ3v) is 4.43. The van der Waals surface area contributed by atoms with Gasteiger partial charge in [0.2, 0.25) is 0 Å². The van der Waals surface area contributed by atoms with Crippen molar-refractivity contribution in [1.29, 1.82) is 0 Å². The zero-order valence-corrected chi connectivity index (χ0v) is 13.8. The Morgan fingerprint density at radius 1 is 1.48 bits per heavy atom. The van der Waals surface area contributed by atoms with Crippen molar-refractivity contribution in [1.82, 2.24) is 20.1 Å². The minimum Gasteiger partial charge on any atom is -0.351 e. The predicted molar refractivity (Wildman–Crippen MR) is 84.8 cm³/mol. The fourth-order valence-corrected chi connectivity index (χ4v) is 2.92. The maximum Gasteiger partial charge on any atom is 0.269 e. The number of amides is 1. The van der Waals surface area contributed by atoms with Gasteiger partial charge in [-0.25, -0.2) is 4.98 Å². The third-order valence-electron chi connectivity index (χ3n) is 3.43. The summed E-state index contributed by atoms with van der Waals surface area (Å²) in [6.45, 7) is 6.83. The van der Waals surface area contributed by atoms with Crippen LogP contribution in [0.2, 0.25) is 0 Å². The molecule has 0 fully saturated rings. The molecule has 0 radical (unpaired) electrons. The van der Waals surface area contributed by atoms with E-state index in [-0.39, 0.29) is 5.91 Å². The molecule has 2 rings (SSSR count). The molecule has 2 aromatic heterocycles. The third kappa shape index (κ3) is 3.91. The number of aryl methyl sites for hydroxylation is 3. The first-order valence-electron chi connectivity index (χ1n) is 7.20. The Kier molecular flexibility index (Phi) is 5.12. The molecule has 0 aliphatic heterocycles. The van der Waals surface area contributed by atoms with Crippen LogP contribution >= 0.6 is 11.3 Å². The van der Waals surface area contributed by atoms with Crippen LogP contribution in [0.3, 0.4) is 0 Å². The summed E-state index contributed by atoms with van der Waals surface area (Å²) < 4.78 is 1.65.